The first-order valence-electron chi connectivity index (χ1n) is 9.47. The van der Waals surface area contributed by atoms with E-state index in [4.69, 9.17) is 4.74 Å². The van der Waals surface area contributed by atoms with Gasteiger partial charge in [0, 0.05) is 26.1 Å². The van der Waals surface area contributed by atoms with E-state index in [1.165, 1.54) is 0 Å². The second kappa shape index (κ2) is 9.82. The summed E-state index contributed by atoms with van der Waals surface area (Å²) in [4.78, 5) is 15.0. The van der Waals surface area contributed by atoms with Gasteiger partial charge in [-0.05, 0) is 17.7 Å². The highest BCUT2D eigenvalue weighted by atomic mass is 32.2. The van der Waals surface area contributed by atoms with Gasteiger partial charge in [-0.25, -0.2) is 8.42 Å². The molecule has 0 saturated carbocycles. The van der Waals surface area contributed by atoms with Gasteiger partial charge in [-0.1, -0.05) is 48.5 Å². The van der Waals surface area contributed by atoms with E-state index in [0.29, 0.717) is 19.8 Å². The van der Waals surface area contributed by atoms with E-state index in [0.717, 1.165) is 18.7 Å². The fourth-order valence-corrected chi connectivity index (χ4v) is 4.46. The number of hydrogen-bond acceptors (Lipinski definition) is 5. The van der Waals surface area contributed by atoms with E-state index < -0.39 is 9.84 Å². The van der Waals surface area contributed by atoms with Crippen molar-refractivity contribution in [2.45, 2.75) is 17.4 Å². The van der Waals surface area contributed by atoms with Crippen LogP contribution in [0.15, 0.2) is 65.6 Å². The van der Waals surface area contributed by atoms with E-state index in [2.05, 4.69) is 10.2 Å². The lowest BCUT2D eigenvalue weighted by Gasteiger charge is -2.31. The minimum absolute atomic E-state index is 0.0658. The minimum Gasteiger partial charge on any atom is -0.379 e. The van der Waals surface area contributed by atoms with Gasteiger partial charge >= 0.3 is 0 Å². The van der Waals surface area contributed by atoms with Crippen LogP contribution in [-0.2, 0) is 19.4 Å². The Bertz CT molecular complexity index is 850. The van der Waals surface area contributed by atoms with Gasteiger partial charge in [0.1, 0.15) is 0 Å². The Hall–Kier alpha value is -2.22. The third-order valence-corrected chi connectivity index (χ3v) is 6.51. The number of carbonyl (C=O) groups is 1. The van der Waals surface area contributed by atoms with Crippen molar-refractivity contribution in [2.75, 3.05) is 38.6 Å². The topological polar surface area (TPSA) is 75.7 Å². The van der Waals surface area contributed by atoms with Crippen molar-refractivity contribution in [3.05, 3.63) is 66.2 Å². The summed E-state index contributed by atoms with van der Waals surface area (Å²) < 4.78 is 30.2. The van der Waals surface area contributed by atoms with Gasteiger partial charge in [0.25, 0.3) is 0 Å². The van der Waals surface area contributed by atoms with E-state index in [9.17, 15) is 13.2 Å². The molecule has 1 fully saturated rings. The lowest BCUT2D eigenvalue weighted by atomic mass is 10.1. The first-order valence-corrected chi connectivity index (χ1v) is 11.1. The molecule has 1 amide bonds. The van der Waals surface area contributed by atoms with Crippen LogP contribution in [0, 0.1) is 0 Å². The van der Waals surface area contributed by atoms with Crippen LogP contribution in [0.1, 0.15) is 18.0 Å². The number of amides is 1. The largest absolute Gasteiger partial charge is 0.379 e. The van der Waals surface area contributed by atoms with E-state index >= 15 is 0 Å². The molecular formula is C21H26N2O4S. The van der Waals surface area contributed by atoms with E-state index in [-0.39, 0.29) is 29.0 Å². The van der Waals surface area contributed by atoms with Crippen LogP contribution < -0.4 is 5.32 Å². The first kappa shape index (κ1) is 20.5. The maximum Gasteiger partial charge on any atom is 0.221 e. The summed E-state index contributed by atoms with van der Waals surface area (Å²) in [5, 5.41) is 3.02. The van der Waals surface area contributed by atoms with Crippen molar-refractivity contribution >= 4 is 15.7 Å². The smallest absolute Gasteiger partial charge is 0.221 e. The molecule has 3 rings (SSSR count). The molecule has 150 valence electrons. The number of morpholine rings is 1. The average Bonchev–Trinajstić information content (AvgIpc) is 2.74. The van der Waals surface area contributed by atoms with Crippen molar-refractivity contribution in [3.8, 4) is 0 Å². The van der Waals surface area contributed by atoms with Gasteiger partial charge in [-0.15, -0.1) is 0 Å². The van der Waals surface area contributed by atoms with Crippen molar-refractivity contribution in [3.63, 3.8) is 0 Å². The summed E-state index contributed by atoms with van der Waals surface area (Å²) in [5.74, 6) is -0.469. The van der Waals surface area contributed by atoms with Crippen LogP contribution in [0.5, 0.6) is 0 Å². The minimum atomic E-state index is -3.47. The first-order chi connectivity index (χ1) is 13.5. The van der Waals surface area contributed by atoms with E-state index in [1.807, 2.05) is 30.3 Å². The molecule has 1 atom stereocenters. The number of nitrogens with one attached hydrogen (secondary N) is 1. The molecule has 7 heteroatoms. The number of carbonyl (C=O) groups excluding carboxylic acids is 1. The van der Waals surface area contributed by atoms with Gasteiger partial charge in [0.2, 0.25) is 5.91 Å². The Labute approximate surface area is 166 Å². The maximum atomic E-state index is 12.5. The average molecular weight is 403 g/mol. The Balaban J connectivity index is 1.62. The molecule has 2 aromatic carbocycles. The Kier molecular flexibility index (Phi) is 7.19. The molecule has 0 aromatic heterocycles. The summed E-state index contributed by atoms with van der Waals surface area (Å²) >= 11 is 0. The fraction of sp³-hybridized carbons (Fsp3) is 0.381. The number of nitrogens with zero attached hydrogens (tertiary/aromatic N) is 1. The number of rotatable bonds is 8. The number of benzene rings is 2. The molecule has 0 radical (unpaired) electrons. The zero-order valence-corrected chi connectivity index (χ0v) is 16.6. The van der Waals surface area contributed by atoms with Crippen molar-refractivity contribution < 1.29 is 17.9 Å². The molecule has 1 aliphatic rings. The molecule has 1 N–H and O–H groups in total. The molecule has 1 aliphatic heterocycles. The standard InChI is InChI=1S/C21H26N2O4S/c24-21(11-16-28(25,26)19-9-5-2-6-10-19)22-20(18-7-3-1-4-8-18)17-23-12-14-27-15-13-23/h1-10,20H,11-17H2,(H,22,24)/t20-/m1/s1. The highest BCUT2D eigenvalue weighted by Crippen LogP contribution is 2.16. The normalized spacial score (nSPS) is 16.4. The van der Waals surface area contributed by atoms with Crippen LogP contribution in [-0.4, -0.2) is 57.8 Å². The molecule has 0 aliphatic carbocycles. The van der Waals surface area contributed by atoms with Gasteiger partial charge in [0.05, 0.1) is 29.9 Å². The fourth-order valence-electron chi connectivity index (χ4n) is 3.20. The van der Waals surface area contributed by atoms with Crippen molar-refractivity contribution in [2.24, 2.45) is 0 Å². The quantitative estimate of drug-likeness (QED) is 0.731. The second-order valence-electron chi connectivity index (χ2n) is 6.83. The maximum absolute atomic E-state index is 12.5. The van der Waals surface area contributed by atoms with Crippen LogP contribution in [0.4, 0.5) is 0 Å². The van der Waals surface area contributed by atoms with Gasteiger partial charge in [0.15, 0.2) is 9.84 Å². The van der Waals surface area contributed by atoms with E-state index in [1.54, 1.807) is 30.3 Å². The summed E-state index contributed by atoms with van der Waals surface area (Å²) in [5.41, 5.74) is 1.01. The Morgan fingerprint density at radius 2 is 1.61 bits per heavy atom. The molecule has 1 heterocycles. The summed E-state index contributed by atoms with van der Waals surface area (Å²) in [6.45, 7) is 3.68. The van der Waals surface area contributed by atoms with Crippen LogP contribution in [0.25, 0.3) is 0 Å². The zero-order chi connectivity index (χ0) is 19.8. The summed E-state index contributed by atoms with van der Waals surface area (Å²) in [6, 6.07) is 17.8. The van der Waals surface area contributed by atoms with Crippen LogP contribution >= 0.6 is 0 Å². The predicted octanol–water partition coefficient (Wildman–Crippen LogP) is 2.04. The molecule has 6 nitrogen and oxygen atoms in total. The highest BCUT2D eigenvalue weighted by molar-refractivity contribution is 7.91. The van der Waals surface area contributed by atoms with Gasteiger partial charge in [-0.3, -0.25) is 9.69 Å². The number of sulfone groups is 1. The molecule has 1 saturated heterocycles. The molecule has 28 heavy (non-hydrogen) atoms. The lowest BCUT2D eigenvalue weighted by Crippen LogP contribution is -2.43. The predicted molar refractivity (Wildman–Crippen MR) is 108 cm³/mol. The SMILES string of the molecule is O=C(CCS(=O)(=O)c1ccccc1)N[C@H](CN1CCOCC1)c1ccccc1. The number of hydrogen-bond donors (Lipinski definition) is 1. The van der Waals surface area contributed by atoms with Crippen molar-refractivity contribution in [1.29, 1.82) is 0 Å². The summed E-state index contributed by atoms with van der Waals surface area (Å²) in [7, 11) is -3.47. The number of ether oxygens (including phenoxy) is 1. The Morgan fingerprint density at radius 1 is 1.00 bits per heavy atom. The third-order valence-electron chi connectivity index (χ3n) is 4.78. The molecular weight excluding hydrogens is 376 g/mol. The van der Waals surface area contributed by atoms with Crippen LogP contribution in [0.3, 0.4) is 0 Å². The highest BCUT2D eigenvalue weighted by Gasteiger charge is 2.22. The Morgan fingerprint density at radius 3 is 2.25 bits per heavy atom. The van der Waals surface area contributed by atoms with Crippen molar-refractivity contribution in [1.82, 2.24) is 10.2 Å². The molecule has 2 aromatic rings. The van der Waals surface area contributed by atoms with Gasteiger partial charge in [-0.2, -0.15) is 0 Å². The van der Waals surface area contributed by atoms with Crippen LogP contribution in [0.2, 0.25) is 0 Å². The zero-order valence-electron chi connectivity index (χ0n) is 15.8. The third kappa shape index (κ3) is 5.89. The lowest BCUT2D eigenvalue weighted by molar-refractivity contribution is -0.121. The molecule has 0 unspecified atom stereocenters. The monoisotopic (exact) mass is 402 g/mol. The molecule has 0 bridgehead atoms. The second-order valence-corrected chi connectivity index (χ2v) is 8.93. The summed E-state index contributed by atoms with van der Waals surface area (Å²) in [6.07, 6.45) is -0.0658. The molecule has 0 spiro atoms. The van der Waals surface area contributed by atoms with Gasteiger partial charge < -0.3 is 10.1 Å².